The van der Waals surface area contributed by atoms with Gasteiger partial charge >= 0.3 is 0 Å². The van der Waals surface area contributed by atoms with Crippen molar-refractivity contribution in [3.8, 4) is 0 Å². The number of aryl methyl sites for hydroxylation is 1. The largest absolute Gasteiger partial charge is 0.339 e. The normalized spacial score (nSPS) is 24.2. The van der Waals surface area contributed by atoms with Crippen molar-refractivity contribution in [1.29, 1.82) is 0 Å². The molecular formula is C24H33N7O3S. The van der Waals surface area contributed by atoms with Crippen LogP contribution in [-0.2, 0) is 27.5 Å². The number of hydrogen-bond acceptors (Lipinski definition) is 8. The minimum atomic E-state index is -3.03. The molecule has 1 saturated carbocycles. The van der Waals surface area contributed by atoms with Crippen LogP contribution < -0.4 is 10.2 Å². The molecule has 2 aromatic rings. The topological polar surface area (TPSA) is 124 Å². The SMILES string of the molecule is O=C([C@H]1CCCN1c1nc2c(c(Nc3cc(C4CCCC4)[nH]n3)n1)CCC2)N1CCS(=O)(=O)CC1. The highest BCUT2D eigenvalue weighted by atomic mass is 32.2. The first-order chi connectivity index (χ1) is 17.0. The molecule has 4 aliphatic rings. The molecule has 1 amide bonds. The number of H-pyrrole nitrogens is 1. The molecular weight excluding hydrogens is 466 g/mol. The summed E-state index contributed by atoms with van der Waals surface area (Å²) < 4.78 is 23.6. The number of anilines is 3. The molecule has 2 aromatic heterocycles. The summed E-state index contributed by atoms with van der Waals surface area (Å²) in [6.07, 6.45) is 9.47. The summed E-state index contributed by atoms with van der Waals surface area (Å²) in [5.41, 5.74) is 3.37. The first kappa shape index (κ1) is 22.8. The smallest absolute Gasteiger partial charge is 0.245 e. The number of carbonyl (C=O) groups is 1. The third kappa shape index (κ3) is 4.50. The quantitative estimate of drug-likeness (QED) is 0.642. The molecule has 2 N–H and O–H groups in total. The molecule has 11 heteroatoms. The van der Waals surface area contributed by atoms with Gasteiger partial charge in [0.15, 0.2) is 15.7 Å². The van der Waals surface area contributed by atoms with Crippen molar-refractivity contribution in [3.63, 3.8) is 0 Å². The Kier molecular flexibility index (Phi) is 5.90. The number of rotatable bonds is 5. The van der Waals surface area contributed by atoms with E-state index < -0.39 is 9.84 Å². The monoisotopic (exact) mass is 499 g/mol. The average molecular weight is 500 g/mol. The first-order valence-electron chi connectivity index (χ1n) is 12.9. The van der Waals surface area contributed by atoms with E-state index in [0.717, 1.165) is 61.5 Å². The van der Waals surface area contributed by atoms with Gasteiger partial charge in [-0.05, 0) is 44.9 Å². The molecule has 4 heterocycles. The first-order valence-corrected chi connectivity index (χ1v) is 14.8. The Bertz CT molecular complexity index is 1210. The van der Waals surface area contributed by atoms with Crippen molar-refractivity contribution in [3.05, 3.63) is 23.0 Å². The summed E-state index contributed by atoms with van der Waals surface area (Å²) in [7, 11) is -3.03. The number of nitrogens with zero attached hydrogens (tertiary/aromatic N) is 5. The number of amides is 1. The summed E-state index contributed by atoms with van der Waals surface area (Å²) in [4.78, 5) is 26.9. The number of sulfone groups is 1. The predicted molar refractivity (Wildman–Crippen MR) is 133 cm³/mol. The second-order valence-electron chi connectivity index (χ2n) is 10.3. The zero-order valence-corrected chi connectivity index (χ0v) is 20.8. The fourth-order valence-corrected chi connectivity index (χ4v) is 7.23. The molecule has 3 fully saturated rings. The van der Waals surface area contributed by atoms with Crippen LogP contribution >= 0.6 is 0 Å². The molecule has 0 spiro atoms. The maximum atomic E-state index is 13.3. The Hall–Kier alpha value is -2.69. The Labute approximate surface area is 205 Å². The number of nitrogens with one attached hydrogen (secondary N) is 2. The van der Waals surface area contributed by atoms with E-state index in [9.17, 15) is 13.2 Å². The number of aromatic nitrogens is 4. The molecule has 0 unspecified atom stereocenters. The zero-order valence-electron chi connectivity index (χ0n) is 20.0. The molecule has 35 heavy (non-hydrogen) atoms. The highest BCUT2D eigenvalue weighted by Crippen LogP contribution is 2.36. The Balaban J connectivity index is 1.24. The summed E-state index contributed by atoms with van der Waals surface area (Å²) in [5.74, 6) is 2.78. The molecule has 1 atom stereocenters. The van der Waals surface area contributed by atoms with Gasteiger partial charge in [-0.25, -0.2) is 13.4 Å². The lowest BCUT2D eigenvalue weighted by Crippen LogP contribution is -2.51. The van der Waals surface area contributed by atoms with Crippen LogP contribution in [0.4, 0.5) is 17.6 Å². The van der Waals surface area contributed by atoms with E-state index in [1.165, 1.54) is 31.4 Å². The highest BCUT2D eigenvalue weighted by molar-refractivity contribution is 7.91. The van der Waals surface area contributed by atoms with E-state index in [4.69, 9.17) is 9.97 Å². The second kappa shape index (κ2) is 9.07. The molecule has 2 saturated heterocycles. The van der Waals surface area contributed by atoms with Crippen molar-refractivity contribution in [2.75, 3.05) is 41.4 Å². The van der Waals surface area contributed by atoms with Crippen molar-refractivity contribution < 1.29 is 13.2 Å². The van der Waals surface area contributed by atoms with Crippen LogP contribution in [0.5, 0.6) is 0 Å². The van der Waals surface area contributed by atoms with E-state index >= 15 is 0 Å². The molecule has 2 aliphatic heterocycles. The number of carbonyl (C=O) groups excluding carboxylic acids is 1. The van der Waals surface area contributed by atoms with Crippen LogP contribution in [0, 0.1) is 0 Å². The third-order valence-corrected chi connectivity index (χ3v) is 9.62. The van der Waals surface area contributed by atoms with Gasteiger partial charge in [0.1, 0.15) is 11.9 Å². The number of hydrogen-bond donors (Lipinski definition) is 2. The molecule has 10 nitrogen and oxygen atoms in total. The minimum Gasteiger partial charge on any atom is -0.339 e. The fraction of sp³-hybridized carbons (Fsp3) is 0.667. The van der Waals surface area contributed by atoms with E-state index in [-0.39, 0.29) is 36.5 Å². The molecule has 0 aromatic carbocycles. The van der Waals surface area contributed by atoms with Crippen molar-refractivity contribution in [2.24, 2.45) is 0 Å². The fourth-order valence-electron chi connectivity index (χ4n) is 6.03. The number of aromatic amines is 1. The van der Waals surface area contributed by atoms with Crippen LogP contribution in [0.3, 0.4) is 0 Å². The molecule has 6 rings (SSSR count). The van der Waals surface area contributed by atoms with Crippen LogP contribution in [0.15, 0.2) is 6.07 Å². The van der Waals surface area contributed by atoms with E-state index in [1.807, 2.05) is 4.90 Å². The van der Waals surface area contributed by atoms with E-state index in [2.05, 4.69) is 21.6 Å². The van der Waals surface area contributed by atoms with Gasteiger partial charge < -0.3 is 15.1 Å². The van der Waals surface area contributed by atoms with Crippen LogP contribution in [0.1, 0.15) is 67.8 Å². The minimum absolute atomic E-state index is 0.00971. The van der Waals surface area contributed by atoms with Gasteiger partial charge in [0, 0.05) is 42.9 Å². The Morgan fingerprint density at radius 3 is 2.60 bits per heavy atom. The highest BCUT2D eigenvalue weighted by Gasteiger charge is 2.38. The average Bonchev–Trinajstić information content (AvgIpc) is 3.65. The summed E-state index contributed by atoms with van der Waals surface area (Å²) in [6, 6.07) is 1.76. The molecule has 188 valence electrons. The molecule has 2 aliphatic carbocycles. The van der Waals surface area contributed by atoms with Gasteiger partial charge in [-0.15, -0.1) is 0 Å². The zero-order chi connectivity index (χ0) is 24.0. The standard InChI is InChI=1S/C24H33N7O3S/c32-23(30-11-13-35(33,34)14-12-30)20-9-4-10-31(20)24-25-18-8-3-7-17(18)22(27-24)26-21-15-19(28-29-21)16-5-1-2-6-16/h15-16,20H,1-14H2,(H2,25,26,27,28,29)/t20-/m1/s1. The van der Waals surface area contributed by atoms with Crippen LogP contribution in [0.25, 0.3) is 0 Å². The van der Waals surface area contributed by atoms with Gasteiger partial charge in [-0.3, -0.25) is 9.89 Å². The van der Waals surface area contributed by atoms with E-state index in [0.29, 0.717) is 11.9 Å². The molecule has 0 bridgehead atoms. The lowest BCUT2D eigenvalue weighted by atomic mass is 10.0. The lowest BCUT2D eigenvalue weighted by molar-refractivity contribution is -0.132. The number of fused-ring (bicyclic) bond motifs is 1. The van der Waals surface area contributed by atoms with Crippen molar-refractivity contribution >= 4 is 33.3 Å². The Morgan fingerprint density at radius 2 is 1.80 bits per heavy atom. The lowest BCUT2D eigenvalue weighted by Gasteiger charge is -2.32. The van der Waals surface area contributed by atoms with E-state index in [1.54, 1.807) is 4.90 Å². The van der Waals surface area contributed by atoms with Crippen molar-refractivity contribution in [2.45, 2.75) is 69.7 Å². The summed E-state index contributed by atoms with van der Waals surface area (Å²) in [5, 5.41) is 11.2. The summed E-state index contributed by atoms with van der Waals surface area (Å²) >= 11 is 0. The van der Waals surface area contributed by atoms with Gasteiger partial charge in [0.25, 0.3) is 0 Å². The van der Waals surface area contributed by atoms with Crippen molar-refractivity contribution in [1.82, 2.24) is 25.1 Å². The van der Waals surface area contributed by atoms with Gasteiger partial charge in [0.05, 0.1) is 17.2 Å². The maximum absolute atomic E-state index is 13.3. The second-order valence-corrected chi connectivity index (χ2v) is 12.6. The van der Waals surface area contributed by atoms with Crippen LogP contribution in [-0.4, -0.2) is 76.6 Å². The predicted octanol–water partition coefficient (Wildman–Crippen LogP) is 2.32. The Morgan fingerprint density at radius 1 is 1.00 bits per heavy atom. The van der Waals surface area contributed by atoms with Gasteiger partial charge in [-0.2, -0.15) is 10.1 Å². The third-order valence-electron chi connectivity index (χ3n) is 8.01. The van der Waals surface area contributed by atoms with Crippen LogP contribution in [0.2, 0.25) is 0 Å². The van der Waals surface area contributed by atoms with Gasteiger partial charge in [0.2, 0.25) is 11.9 Å². The van der Waals surface area contributed by atoms with Gasteiger partial charge in [-0.1, -0.05) is 12.8 Å². The summed E-state index contributed by atoms with van der Waals surface area (Å²) in [6.45, 7) is 1.26. The molecule has 0 radical (unpaired) electrons. The maximum Gasteiger partial charge on any atom is 0.245 e.